The summed E-state index contributed by atoms with van der Waals surface area (Å²) in [6.07, 6.45) is 47.9. The molecule has 1 N–H and O–H groups in total. The van der Waals surface area contributed by atoms with Gasteiger partial charge in [-0.15, -0.1) is 0 Å². The van der Waals surface area contributed by atoms with E-state index in [-0.39, 0.29) is 19.4 Å². The lowest BCUT2D eigenvalue weighted by molar-refractivity contribution is -0.161. The first-order valence-electron chi connectivity index (χ1n) is 19.3. The largest absolute Gasteiger partial charge is 0.472 e. The molecule has 0 saturated carbocycles. The highest BCUT2D eigenvalue weighted by molar-refractivity contribution is 7.47. The van der Waals surface area contributed by atoms with E-state index in [1.54, 1.807) is 0 Å². The van der Waals surface area contributed by atoms with Crippen molar-refractivity contribution in [2.24, 2.45) is 0 Å². The van der Waals surface area contributed by atoms with E-state index in [0.717, 1.165) is 77.7 Å². The molecule has 0 aliphatic carbocycles. The lowest BCUT2D eigenvalue weighted by Crippen LogP contribution is -2.29. The average molecular weight is 733 g/mol. The Morgan fingerprint density at radius 2 is 1.04 bits per heavy atom. The van der Waals surface area contributed by atoms with Crippen molar-refractivity contribution in [1.82, 2.24) is 0 Å². The molecule has 0 aliphatic rings. The third kappa shape index (κ3) is 36.8. The normalized spacial score (nSPS) is 14.4. The van der Waals surface area contributed by atoms with Crippen LogP contribution in [0.4, 0.5) is 0 Å². The van der Waals surface area contributed by atoms with Gasteiger partial charge in [-0.2, -0.15) is 0 Å². The van der Waals surface area contributed by atoms with Gasteiger partial charge < -0.3 is 14.4 Å². The van der Waals surface area contributed by atoms with Crippen LogP contribution in [0, 0.1) is 0 Å². The Morgan fingerprint density at radius 3 is 1.57 bits per heavy atom. The molecule has 0 fully saturated rings. The molecule has 9 heteroatoms. The summed E-state index contributed by atoms with van der Waals surface area (Å²) in [5, 5.41) is 0. The van der Waals surface area contributed by atoms with Crippen molar-refractivity contribution in [3.63, 3.8) is 0 Å². The van der Waals surface area contributed by atoms with Gasteiger partial charge in [-0.05, 0) is 77.0 Å². The van der Waals surface area contributed by atoms with Crippen LogP contribution in [-0.2, 0) is 32.7 Å². The van der Waals surface area contributed by atoms with E-state index >= 15 is 0 Å². The number of rotatable bonds is 34. The molecular weight excluding hydrogens is 663 g/mol. The van der Waals surface area contributed by atoms with Crippen LogP contribution in [0.5, 0.6) is 0 Å². The molecule has 2 atom stereocenters. The Kier molecular flexibility index (Phi) is 35.0. The SMILES string of the molecule is CC/C=C\C/C=C\C/C=C\C/C=C\C/C=C\C/C=C\CCC(=O)OC(COC(=O)CCCCCCC/C=C\CCCCCC)COP(=O)(O)OC. The van der Waals surface area contributed by atoms with Crippen LogP contribution in [0.15, 0.2) is 85.1 Å². The molecule has 0 heterocycles. The van der Waals surface area contributed by atoms with Crippen LogP contribution >= 0.6 is 7.82 Å². The zero-order valence-corrected chi connectivity index (χ0v) is 32.9. The van der Waals surface area contributed by atoms with Crippen LogP contribution in [0.25, 0.3) is 0 Å². The van der Waals surface area contributed by atoms with Crippen molar-refractivity contribution in [2.45, 2.75) is 148 Å². The standard InChI is InChI=1S/C42H69O8P/c1-4-6-8-10-12-14-16-18-19-20-21-22-23-25-27-29-31-33-35-37-42(44)50-40(39-49-51(45,46)47-3)38-48-41(43)36-34-32-30-28-26-24-17-15-13-11-9-7-5-2/h6,8,12,14-15,17-19,21-22,25,27,31,33,40H,4-5,7,9-11,13,16,20,23-24,26,28-30,32,34-39H2,1-3H3,(H,45,46)/b8-6-,14-12-,17-15-,19-18-,22-21-,27-25-,33-31-. The first kappa shape index (κ1) is 48.2. The first-order chi connectivity index (χ1) is 24.8. The third-order valence-corrected chi connectivity index (χ3v) is 8.57. The van der Waals surface area contributed by atoms with Crippen LogP contribution in [0.2, 0.25) is 0 Å². The van der Waals surface area contributed by atoms with Crippen molar-refractivity contribution in [1.29, 1.82) is 0 Å². The number of esters is 2. The summed E-state index contributed by atoms with van der Waals surface area (Å²) in [5.74, 6) is -0.922. The van der Waals surface area contributed by atoms with Crippen LogP contribution in [-0.4, -0.2) is 43.3 Å². The van der Waals surface area contributed by atoms with Gasteiger partial charge in [0, 0.05) is 20.0 Å². The molecule has 0 amide bonds. The lowest BCUT2D eigenvalue weighted by atomic mass is 10.1. The molecule has 2 unspecified atom stereocenters. The maximum atomic E-state index is 12.4. The number of allylic oxidation sites excluding steroid dienone is 14. The second-order valence-electron chi connectivity index (χ2n) is 12.3. The van der Waals surface area contributed by atoms with Gasteiger partial charge in [-0.25, -0.2) is 4.57 Å². The minimum atomic E-state index is -4.28. The highest BCUT2D eigenvalue weighted by Crippen LogP contribution is 2.42. The van der Waals surface area contributed by atoms with Gasteiger partial charge in [0.25, 0.3) is 0 Å². The van der Waals surface area contributed by atoms with E-state index in [4.69, 9.17) is 14.0 Å². The molecule has 0 radical (unpaired) electrons. The molecule has 0 rings (SSSR count). The summed E-state index contributed by atoms with van der Waals surface area (Å²) >= 11 is 0. The minimum absolute atomic E-state index is 0.114. The molecule has 51 heavy (non-hydrogen) atoms. The summed E-state index contributed by atoms with van der Waals surface area (Å²) in [6, 6.07) is 0. The van der Waals surface area contributed by atoms with E-state index in [9.17, 15) is 19.0 Å². The lowest BCUT2D eigenvalue weighted by Gasteiger charge is -2.19. The summed E-state index contributed by atoms with van der Waals surface area (Å²) in [7, 11) is -3.24. The molecule has 290 valence electrons. The van der Waals surface area contributed by atoms with Gasteiger partial charge in [-0.1, -0.05) is 137 Å². The number of hydrogen-bond donors (Lipinski definition) is 1. The molecule has 0 aliphatic heterocycles. The van der Waals surface area contributed by atoms with E-state index < -0.39 is 32.5 Å². The number of carbonyl (C=O) groups excluding carboxylic acids is 2. The molecule has 0 spiro atoms. The summed E-state index contributed by atoms with van der Waals surface area (Å²) in [6.45, 7) is 3.66. The predicted octanol–water partition coefficient (Wildman–Crippen LogP) is 11.9. The predicted molar refractivity (Wildman–Crippen MR) is 211 cm³/mol. The maximum absolute atomic E-state index is 12.4. The fourth-order valence-electron chi connectivity index (χ4n) is 4.68. The number of phosphoric acid groups is 1. The first-order valence-corrected chi connectivity index (χ1v) is 20.8. The van der Waals surface area contributed by atoms with E-state index in [1.807, 2.05) is 12.2 Å². The van der Waals surface area contributed by atoms with Gasteiger partial charge in [0.1, 0.15) is 6.61 Å². The van der Waals surface area contributed by atoms with Crippen LogP contribution < -0.4 is 0 Å². The number of ether oxygens (including phenoxy) is 2. The average Bonchev–Trinajstić information content (AvgIpc) is 3.12. The second-order valence-corrected chi connectivity index (χ2v) is 13.9. The smallest absolute Gasteiger partial charge is 0.462 e. The van der Waals surface area contributed by atoms with Crippen molar-refractivity contribution in [2.75, 3.05) is 20.3 Å². The Balaban J connectivity index is 4.23. The Bertz CT molecular complexity index is 1100. The Morgan fingerprint density at radius 1 is 0.569 bits per heavy atom. The summed E-state index contributed by atoms with van der Waals surface area (Å²) in [4.78, 5) is 34.3. The van der Waals surface area contributed by atoms with E-state index in [0.29, 0.717) is 12.8 Å². The second kappa shape index (κ2) is 37.0. The van der Waals surface area contributed by atoms with Crippen molar-refractivity contribution < 1.29 is 37.6 Å². The van der Waals surface area contributed by atoms with E-state index in [1.165, 1.54) is 32.1 Å². The van der Waals surface area contributed by atoms with Crippen molar-refractivity contribution in [3.05, 3.63) is 85.1 Å². The van der Waals surface area contributed by atoms with Gasteiger partial charge in [0.15, 0.2) is 6.10 Å². The van der Waals surface area contributed by atoms with Gasteiger partial charge in [-0.3, -0.25) is 18.6 Å². The zero-order valence-electron chi connectivity index (χ0n) is 32.0. The number of carbonyl (C=O) groups is 2. The minimum Gasteiger partial charge on any atom is -0.462 e. The highest BCUT2D eigenvalue weighted by atomic mass is 31.2. The number of phosphoric ester groups is 1. The molecule has 0 bridgehead atoms. The fraction of sp³-hybridized carbons (Fsp3) is 0.619. The van der Waals surface area contributed by atoms with E-state index in [2.05, 4.69) is 91.3 Å². The van der Waals surface area contributed by atoms with Crippen LogP contribution in [0.1, 0.15) is 142 Å². The van der Waals surface area contributed by atoms with Crippen LogP contribution in [0.3, 0.4) is 0 Å². The zero-order chi connectivity index (χ0) is 37.5. The quantitative estimate of drug-likeness (QED) is 0.0301. The molecule has 0 saturated heterocycles. The molecule has 0 aromatic rings. The highest BCUT2D eigenvalue weighted by Gasteiger charge is 2.24. The van der Waals surface area contributed by atoms with Gasteiger partial charge in [0.05, 0.1) is 6.61 Å². The Hall–Kier alpha value is -2.77. The molecule has 8 nitrogen and oxygen atoms in total. The fourth-order valence-corrected chi connectivity index (χ4v) is 5.14. The monoisotopic (exact) mass is 732 g/mol. The van der Waals surface area contributed by atoms with Gasteiger partial charge in [0.2, 0.25) is 0 Å². The van der Waals surface area contributed by atoms with Crippen molar-refractivity contribution >= 4 is 19.8 Å². The van der Waals surface area contributed by atoms with Gasteiger partial charge >= 0.3 is 19.8 Å². The summed E-state index contributed by atoms with van der Waals surface area (Å²) < 4.78 is 31.8. The topological polar surface area (TPSA) is 108 Å². The summed E-state index contributed by atoms with van der Waals surface area (Å²) in [5.41, 5.74) is 0. The molecule has 0 aromatic heterocycles. The third-order valence-electron chi connectivity index (χ3n) is 7.64. The number of unbranched alkanes of at least 4 members (excludes halogenated alkanes) is 9. The van der Waals surface area contributed by atoms with Crippen molar-refractivity contribution in [3.8, 4) is 0 Å². The molecular formula is C42H69O8P. The molecule has 0 aromatic carbocycles. The Labute approximate surface area is 310 Å². The number of hydrogen-bond acceptors (Lipinski definition) is 7. The maximum Gasteiger partial charge on any atom is 0.472 e.